The number of ether oxygens (including phenoxy) is 4. The molecule has 0 aliphatic carbocycles. The van der Waals surface area contributed by atoms with E-state index in [0.717, 1.165) is 47.7 Å². The standard InChI is InChI=1S/C14H16O3.C13H16O2/c1-10(5-11(2)8-15)6-12-3-4-13-14(7-12)17-9-16-13;1-3-4-10(2)7-11-5-6-12-13(8-11)15-9-14-12/h3-5,7-8,10H,6,9H2,1-2H3;3-6,8,10H,7,9H2,1-2H3/b11-5+;4-3-. The number of allylic oxidation sites excluding steroid dienone is 4. The average Bonchev–Trinajstić information content (AvgIpc) is 3.42. The van der Waals surface area contributed by atoms with Crippen molar-refractivity contribution < 1.29 is 23.7 Å². The number of benzene rings is 2. The summed E-state index contributed by atoms with van der Waals surface area (Å²) in [7, 11) is 0. The quantitative estimate of drug-likeness (QED) is 0.307. The van der Waals surface area contributed by atoms with Crippen LogP contribution in [0.3, 0.4) is 0 Å². The van der Waals surface area contributed by atoms with Crippen molar-refractivity contribution in [3.05, 3.63) is 71.3 Å². The summed E-state index contributed by atoms with van der Waals surface area (Å²) in [5, 5.41) is 0. The van der Waals surface area contributed by atoms with Gasteiger partial charge in [-0.2, -0.15) is 0 Å². The lowest BCUT2D eigenvalue weighted by atomic mass is 9.99. The number of rotatable bonds is 7. The van der Waals surface area contributed by atoms with Gasteiger partial charge < -0.3 is 18.9 Å². The molecule has 0 fully saturated rings. The van der Waals surface area contributed by atoms with E-state index in [1.54, 1.807) is 0 Å². The van der Waals surface area contributed by atoms with Gasteiger partial charge in [-0.3, -0.25) is 4.79 Å². The van der Waals surface area contributed by atoms with Crippen LogP contribution in [-0.2, 0) is 17.6 Å². The van der Waals surface area contributed by atoms with E-state index < -0.39 is 0 Å². The average molecular weight is 437 g/mol. The summed E-state index contributed by atoms with van der Waals surface area (Å²) in [6.07, 6.45) is 9.11. The first kappa shape index (κ1) is 23.5. The van der Waals surface area contributed by atoms with E-state index in [0.29, 0.717) is 25.4 Å². The minimum absolute atomic E-state index is 0.304. The second kappa shape index (κ2) is 11.4. The molecule has 2 aromatic carbocycles. The molecule has 2 atom stereocenters. The fourth-order valence-electron chi connectivity index (χ4n) is 3.82. The van der Waals surface area contributed by atoms with E-state index in [-0.39, 0.29) is 0 Å². The largest absolute Gasteiger partial charge is 0.454 e. The molecule has 0 amide bonds. The first-order valence-corrected chi connectivity index (χ1v) is 11.0. The number of aldehydes is 1. The fraction of sp³-hybridized carbons (Fsp3) is 0.370. The summed E-state index contributed by atoms with van der Waals surface area (Å²) in [6.45, 7) is 8.84. The lowest BCUT2D eigenvalue weighted by molar-refractivity contribution is -0.104. The van der Waals surface area contributed by atoms with Gasteiger partial charge in [0, 0.05) is 0 Å². The van der Waals surface area contributed by atoms with Crippen molar-refractivity contribution >= 4 is 6.29 Å². The highest BCUT2D eigenvalue weighted by atomic mass is 16.7. The van der Waals surface area contributed by atoms with Gasteiger partial charge in [0.1, 0.15) is 6.29 Å². The first-order chi connectivity index (χ1) is 15.5. The molecule has 0 N–H and O–H groups in total. The van der Waals surface area contributed by atoms with Crippen molar-refractivity contribution in [2.24, 2.45) is 11.8 Å². The Balaban J connectivity index is 0.000000182. The van der Waals surface area contributed by atoms with Gasteiger partial charge in [0.2, 0.25) is 13.6 Å². The smallest absolute Gasteiger partial charge is 0.231 e. The van der Waals surface area contributed by atoms with Gasteiger partial charge in [-0.15, -0.1) is 0 Å². The van der Waals surface area contributed by atoms with Gasteiger partial charge in [-0.05, 0) is 79.5 Å². The molecule has 5 nitrogen and oxygen atoms in total. The highest BCUT2D eigenvalue weighted by molar-refractivity contribution is 5.72. The van der Waals surface area contributed by atoms with Crippen LogP contribution in [0, 0.1) is 11.8 Å². The molecule has 170 valence electrons. The van der Waals surface area contributed by atoms with Crippen LogP contribution in [-0.4, -0.2) is 19.9 Å². The Hall–Kier alpha value is -3.21. The number of fused-ring (bicyclic) bond motifs is 2. The van der Waals surface area contributed by atoms with Crippen LogP contribution in [0.4, 0.5) is 0 Å². The fourth-order valence-corrected chi connectivity index (χ4v) is 3.82. The van der Waals surface area contributed by atoms with Crippen LogP contribution in [0.15, 0.2) is 60.2 Å². The zero-order valence-electron chi connectivity index (χ0n) is 19.3. The highest BCUT2D eigenvalue weighted by Gasteiger charge is 2.14. The van der Waals surface area contributed by atoms with Crippen molar-refractivity contribution in [3.8, 4) is 23.0 Å². The maximum absolute atomic E-state index is 10.5. The van der Waals surface area contributed by atoms with Gasteiger partial charge in [0.15, 0.2) is 23.0 Å². The van der Waals surface area contributed by atoms with E-state index in [9.17, 15) is 4.79 Å². The number of hydrogen-bond acceptors (Lipinski definition) is 5. The summed E-state index contributed by atoms with van der Waals surface area (Å²) in [6, 6.07) is 12.1. The van der Waals surface area contributed by atoms with Gasteiger partial charge in [0.05, 0.1) is 0 Å². The summed E-state index contributed by atoms with van der Waals surface area (Å²) in [4.78, 5) is 10.5. The Kier molecular flexibility index (Phi) is 8.37. The third-order valence-corrected chi connectivity index (χ3v) is 5.24. The molecule has 0 saturated carbocycles. The third-order valence-electron chi connectivity index (χ3n) is 5.24. The molecule has 2 heterocycles. The molecule has 0 radical (unpaired) electrons. The molecular weight excluding hydrogens is 404 g/mol. The lowest BCUT2D eigenvalue weighted by Crippen LogP contribution is -1.97. The summed E-state index contributed by atoms with van der Waals surface area (Å²) >= 11 is 0. The van der Waals surface area contributed by atoms with E-state index in [1.165, 1.54) is 11.1 Å². The molecule has 32 heavy (non-hydrogen) atoms. The lowest BCUT2D eigenvalue weighted by Gasteiger charge is -2.07. The van der Waals surface area contributed by atoms with Crippen LogP contribution >= 0.6 is 0 Å². The number of carbonyl (C=O) groups excluding carboxylic acids is 1. The number of hydrogen-bond donors (Lipinski definition) is 0. The van der Waals surface area contributed by atoms with Crippen molar-refractivity contribution in [1.29, 1.82) is 0 Å². The zero-order chi connectivity index (χ0) is 22.9. The molecule has 0 saturated heterocycles. The minimum Gasteiger partial charge on any atom is -0.454 e. The van der Waals surface area contributed by atoms with E-state index >= 15 is 0 Å². The molecule has 0 spiro atoms. The molecule has 4 rings (SSSR count). The van der Waals surface area contributed by atoms with E-state index in [2.05, 4.69) is 45.1 Å². The third kappa shape index (κ3) is 6.64. The monoisotopic (exact) mass is 436 g/mol. The van der Waals surface area contributed by atoms with Crippen molar-refractivity contribution in [2.45, 2.75) is 40.5 Å². The molecule has 2 unspecified atom stereocenters. The van der Waals surface area contributed by atoms with E-state index in [4.69, 9.17) is 18.9 Å². The van der Waals surface area contributed by atoms with Gasteiger partial charge >= 0.3 is 0 Å². The first-order valence-electron chi connectivity index (χ1n) is 11.0. The van der Waals surface area contributed by atoms with Gasteiger partial charge in [0.25, 0.3) is 0 Å². The minimum atomic E-state index is 0.304. The van der Waals surface area contributed by atoms with Crippen molar-refractivity contribution in [3.63, 3.8) is 0 Å². The van der Waals surface area contributed by atoms with Crippen LogP contribution in [0.1, 0.15) is 38.8 Å². The number of carbonyl (C=O) groups is 1. The van der Waals surface area contributed by atoms with Crippen LogP contribution in [0.25, 0.3) is 0 Å². The Morgan fingerprint density at radius 1 is 0.844 bits per heavy atom. The van der Waals surface area contributed by atoms with Gasteiger partial charge in [-0.1, -0.05) is 44.2 Å². The predicted molar refractivity (Wildman–Crippen MR) is 126 cm³/mol. The Morgan fingerprint density at radius 2 is 1.34 bits per heavy atom. The summed E-state index contributed by atoms with van der Waals surface area (Å²) < 4.78 is 21.2. The van der Waals surface area contributed by atoms with E-state index in [1.807, 2.05) is 37.3 Å². The maximum atomic E-state index is 10.5. The Bertz CT molecular complexity index is 976. The van der Waals surface area contributed by atoms with Gasteiger partial charge in [-0.25, -0.2) is 0 Å². The topological polar surface area (TPSA) is 54.0 Å². The Morgan fingerprint density at radius 3 is 1.84 bits per heavy atom. The molecule has 0 aromatic heterocycles. The second-order valence-electron chi connectivity index (χ2n) is 8.29. The highest BCUT2D eigenvalue weighted by Crippen LogP contribution is 2.34. The molecule has 5 heteroatoms. The van der Waals surface area contributed by atoms with Crippen LogP contribution < -0.4 is 18.9 Å². The molecule has 0 bridgehead atoms. The second-order valence-corrected chi connectivity index (χ2v) is 8.29. The van der Waals surface area contributed by atoms with Crippen LogP contribution in [0.2, 0.25) is 0 Å². The molecule has 2 aromatic rings. The van der Waals surface area contributed by atoms with Crippen LogP contribution in [0.5, 0.6) is 23.0 Å². The summed E-state index contributed by atoms with van der Waals surface area (Å²) in [5.74, 6) is 4.25. The van der Waals surface area contributed by atoms with Crippen molar-refractivity contribution in [1.82, 2.24) is 0 Å². The zero-order valence-corrected chi connectivity index (χ0v) is 19.3. The summed E-state index contributed by atoms with van der Waals surface area (Å²) in [5.41, 5.74) is 3.26. The van der Waals surface area contributed by atoms with Crippen molar-refractivity contribution in [2.75, 3.05) is 13.6 Å². The molecule has 2 aliphatic rings. The Labute approximate surface area is 190 Å². The normalized spacial score (nSPS) is 15.8. The molecular formula is C27H32O5. The SMILES string of the molecule is C/C(C=O)=C\C(C)Cc1ccc2c(c1)OCO2.C/C=C\C(C)Cc1ccc2c(c1)OCO2. The predicted octanol–water partition coefficient (Wildman–Crippen LogP) is 5.91. The molecule has 2 aliphatic heterocycles. The maximum Gasteiger partial charge on any atom is 0.231 e.